The largest absolute Gasteiger partial charge is 0.454 e. The summed E-state index contributed by atoms with van der Waals surface area (Å²) in [5.74, 6) is -0.255. The molecule has 31 heavy (non-hydrogen) atoms. The first-order valence-electron chi connectivity index (χ1n) is 9.78. The van der Waals surface area contributed by atoms with Crippen LogP contribution < -0.4 is 14.8 Å². The van der Waals surface area contributed by atoms with Gasteiger partial charge in [0.05, 0.1) is 10.5 Å². The number of rotatable bonds is 8. The van der Waals surface area contributed by atoms with E-state index in [1.165, 1.54) is 35.5 Å². The van der Waals surface area contributed by atoms with Gasteiger partial charge in [0.15, 0.2) is 17.6 Å². The van der Waals surface area contributed by atoms with Crippen LogP contribution in [0.1, 0.15) is 31.1 Å². The zero-order valence-electron chi connectivity index (χ0n) is 17.5. The number of sulfonamides is 1. The average Bonchev–Trinajstić information content (AvgIpc) is 3.22. The average molecular weight is 448 g/mol. The van der Waals surface area contributed by atoms with E-state index < -0.39 is 28.0 Å². The number of carbonyl (C=O) groups excluding carboxylic acids is 2. The van der Waals surface area contributed by atoms with Gasteiger partial charge < -0.3 is 19.5 Å². The van der Waals surface area contributed by atoms with E-state index in [1.807, 2.05) is 0 Å². The normalized spacial score (nSPS) is 13.7. The molecule has 1 aliphatic heterocycles. The van der Waals surface area contributed by atoms with Crippen molar-refractivity contribution in [1.82, 2.24) is 4.31 Å². The van der Waals surface area contributed by atoms with Crippen LogP contribution in [0.25, 0.3) is 0 Å². The Bertz CT molecular complexity index is 1080. The Balaban J connectivity index is 1.67. The molecule has 0 aliphatic carbocycles. The van der Waals surface area contributed by atoms with Crippen molar-refractivity contribution in [3.05, 3.63) is 48.0 Å². The second-order valence-corrected chi connectivity index (χ2v) is 8.66. The molecule has 1 aliphatic rings. The van der Waals surface area contributed by atoms with Gasteiger partial charge in [0.25, 0.3) is 5.91 Å². The van der Waals surface area contributed by atoms with Crippen molar-refractivity contribution in [3.8, 4) is 11.5 Å². The Hall–Kier alpha value is -3.11. The number of anilines is 1. The number of fused-ring (bicyclic) bond motifs is 1. The zero-order valence-corrected chi connectivity index (χ0v) is 18.3. The number of hydrogen-bond donors (Lipinski definition) is 1. The van der Waals surface area contributed by atoms with E-state index >= 15 is 0 Å². The molecule has 0 aromatic heterocycles. The first kappa shape index (κ1) is 22.6. The highest BCUT2D eigenvalue weighted by molar-refractivity contribution is 7.89. The Morgan fingerprint density at radius 2 is 1.81 bits per heavy atom. The maximum Gasteiger partial charge on any atom is 0.338 e. The van der Waals surface area contributed by atoms with Crippen molar-refractivity contribution >= 4 is 27.6 Å². The molecule has 166 valence electrons. The number of amides is 1. The predicted octanol–water partition coefficient (Wildman–Crippen LogP) is 2.63. The third-order valence-electron chi connectivity index (χ3n) is 4.71. The van der Waals surface area contributed by atoms with Gasteiger partial charge in [-0.3, -0.25) is 4.79 Å². The van der Waals surface area contributed by atoms with Crippen molar-refractivity contribution in [2.24, 2.45) is 0 Å². The molecule has 0 radical (unpaired) electrons. The highest BCUT2D eigenvalue weighted by Gasteiger charge is 2.24. The van der Waals surface area contributed by atoms with Gasteiger partial charge >= 0.3 is 5.97 Å². The van der Waals surface area contributed by atoms with Crippen LogP contribution in [0.2, 0.25) is 0 Å². The molecule has 3 rings (SSSR count). The Labute approximate surface area is 181 Å². The third-order valence-corrected chi connectivity index (χ3v) is 6.75. The summed E-state index contributed by atoms with van der Waals surface area (Å²) >= 11 is 0. The van der Waals surface area contributed by atoms with Gasteiger partial charge in [-0.05, 0) is 37.3 Å². The molecule has 9 nitrogen and oxygen atoms in total. The van der Waals surface area contributed by atoms with E-state index in [0.29, 0.717) is 30.3 Å². The highest BCUT2D eigenvalue weighted by Crippen LogP contribution is 2.34. The molecule has 1 heterocycles. The molecule has 0 unspecified atom stereocenters. The molecule has 1 amide bonds. The maximum atomic E-state index is 12.7. The van der Waals surface area contributed by atoms with Crippen LogP contribution in [0.4, 0.5) is 5.69 Å². The van der Waals surface area contributed by atoms with Gasteiger partial charge in [0, 0.05) is 24.8 Å². The summed E-state index contributed by atoms with van der Waals surface area (Å²) in [6, 6.07) is 10.5. The third kappa shape index (κ3) is 4.97. The lowest BCUT2D eigenvalue weighted by Crippen LogP contribution is -2.31. The summed E-state index contributed by atoms with van der Waals surface area (Å²) in [6.07, 6.45) is -1.11. The fourth-order valence-corrected chi connectivity index (χ4v) is 4.50. The van der Waals surface area contributed by atoms with E-state index in [9.17, 15) is 18.0 Å². The van der Waals surface area contributed by atoms with E-state index in [1.54, 1.807) is 32.0 Å². The van der Waals surface area contributed by atoms with Crippen molar-refractivity contribution < 1.29 is 32.2 Å². The monoisotopic (exact) mass is 448 g/mol. The molecule has 0 saturated heterocycles. The topological polar surface area (TPSA) is 111 Å². The van der Waals surface area contributed by atoms with Crippen LogP contribution in [-0.2, 0) is 19.6 Å². The van der Waals surface area contributed by atoms with Crippen LogP contribution in [0.3, 0.4) is 0 Å². The Morgan fingerprint density at radius 1 is 1.10 bits per heavy atom. The molecule has 1 atom stereocenters. The number of carbonyl (C=O) groups is 2. The summed E-state index contributed by atoms with van der Waals surface area (Å²) in [5, 5.41) is 2.64. The van der Waals surface area contributed by atoms with Crippen LogP contribution in [0.15, 0.2) is 47.4 Å². The van der Waals surface area contributed by atoms with E-state index in [0.717, 1.165) is 0 Å². The standard InChI is InChI=1S/C21H24N2O7S/c1-4-23(5-2)31(26,27)17-8-6-7-15(11-17)21(25)30-14(3)20(24)22-16-9-10-18-19(12-16)29-13-28-18/h6-12,14H,4-5,13H2,1-3H3,(H,22,24)/t14-/m1/s1. The lowest BCUT2D eigenvalue weighted by Gasteiger charge is -2.19. The van der Waals surface area contributed by atoms with Gasteiger partial charge in [-0.1, -0.05) is 19.9 Å². The van der Waals surface area contributed by atoms with Gasteiger partial charge in [-0.25, -0.2) is 13.2 Å². The van der Waals surface area contributed by atoms with Gasteiger partial charge in [0.2, 0.25) is 16.8 Å². The minimum absolute atomic E-state index is 0.0110. The highest BCUT2D eigenvalue weighted by atomic mass is 32.2. The molecular weight excluding hydrogens is 424 g/mol. The molecule has 2 aromatic carbocycles. The Kier molecular flexibility index (Phi) is 6.81. The van der Waals surface area contributed by atoms with Crippen molar-refractivity contribution in [3.63, 3.8) is 0 Å². The van der Waals surface area contributed by atoms with Crippen LogP contribution in [0.5, 0.6) is 11.5 Å². The number of nitrogens with zero attached hydrogens (tertiary/aromatic N) is 1. The summed E-state index contributed by atoms with van der Waals surface area (Å²) in [4.78, 5) is 24.9. The molecule has 0 fully saturated rings. The molecule has 1 N–H and O–H groups in total. The summed E-state index contributed by atoms with van der Waals surface area (Å²) in [6.45, 7) is 5.63. The van der Waals surface area contributed by atoms with Crippen molar-refractivity contribution in [2.45, 2.75) is 31.8 Å². The molecule has 0 bridgehead atoms. The lowest BCUT2D eigenvalue weighted by molar-refractivity contribution is -0.123. The zero-order chi connectivity index (χ0) is 22.6. The van der Waals surface area contributed by atoms with Gasteiger partial charge in [-0.2, -0.15) is 4.31 Å². The summed E-state index contributed by atoms with van der Waals surface area (Å²) < 4.78 is 42.4. The van der Waals surface area contributed by atoms with Gasteiger partial charge in [0.1, 0.15) is 0 Å². The second kappa shape index (κ2) is 9.36. The summed E-state index contributed by atoms with van der Waals surface area (Å²) in [7, 11) is -3.72. The molecule has 2 aromatic rings. The first-order chi connectivity index (χ1) is 14.8. The smallest absolute Gasteiger partial charge is 0.338 e. The van der Waals surface area contributed by atoms with Gasteiger partial charge in [-0.15, -0.1) is 0 Å². The van der Waals surface area contributed by atoms with E-state index in [-0.39, 0.29) is 17.3 Å². The number of benzene rings is 2. The molecule has 10 heteroatoms. The summed E-state index contributed by atoms with van der Waals surface area (Å²) in [5.41, 5.74) is 0.500. The molecule has 0 spiro atoms. The molecular formula is C21H24N2O7S. The number of esters is 1. The first-order valence-corrected chi connectivity index (χ1v) is 11.2. The Morgan fingerprint density at radius 3 is 2.52 bits per heavy atom. The minimum Gasteiger partial charge on any atom is -0.454 e. The SMILES string of the molecule is CCN(CC)S(=O)(=O)c1cccc(C(=O)O[C@H](C)C(=O)Nc2ccc3c(c2)OCO3)c1. The predicted molar refractivity (Wildman–Crippen MR) is 113 cm³/mol. The maximum absolute atomic E-state index is 12.7. The second-order valence-electron chi connectivity index (χ2n) is 6.72. The van der Waals surface area contributed by atoms with Crippen LogP contribution in [-0.4, -0.2) is 50.6 Å². The van der Waals surface area contributed by atoms with Crippen LogP contribution in [0, 0.1) is 0 Å². The quantitative estimate of drug-likeness (QED) is 0.618. The number of ether oxygens (including phenoxy) is 3. The fraction of sp³-hybridized carbons (Fsp3) is 0.333. The van der Waals surface area contributed by atoms with Crippen molar-refractivity contribution in [2.75, 3.05) is 25.2 Å². The van der Waals surface area contributed by atoms with E-state index in [2.05, 4.69) is 5.32 Å². The lowest BCUT2D eigenvalue weighted by atomic mass is 10.2. The van der Waals surface area contributed by atoms with Crippen molar-refractivity contribution in [1.29, 1.82) is 0 Å². The van der Waals surface area contributed by atoms with Crippen LogP contribution >= 0.6 is 0 Å². The number of hydrogen-bond acceptors (Lipinski definition) is 7. The minimum atomic E-state index is -3.72. The number of nitrogens with one attached hydrogen (secondary N) is 1. The fourth-order valence-electron chi connectivity index (χ4n) is 3.00. The molecule has 0 saturated carbocycles. The van der Waals surface area contributed by atoms with E-state index in [4.69, 9.17) is 14.2 Å².